The second-order valence-corrected chi connectivity index (χ2v) is 7.62. The quantitative estimate of drug-likeness (QED) is 0.717. The number of benzene rings is 1. The van der Waals surface area contributed by atoms with E-state index in [1.165, 1.54) is 12.8 Å². The van der Waals surface area contributed by atoms with Gasteiger partial charge in [0, 0.05) is 38.5 Å². The number of hydrogen-bond donors (Lipinski definition) is 0. The fourth-order valence-corrected chi connectivity index (χ4v) is 3.94. The van der Waals surface area contributed by atoms with Gasteiger partial charge in [-0.15, -0.1) is 0 Å². The van der Waals surface area contributed by atoms with Crippen molar-refractivity contribution in [3.8, 4) is 11.6 Å². The molecular weight excluding hydrogens is 368 g/mol. The second-order valence-electron chi connectivity index (χ2n) is 7.62. The van der Waals surface area contributed by atoms with E-state index in [4.69, 9.17) is 9.47 Å². The van der Waals surface area contributed by atoms with Crippen LogP contribution in [0.3, 0.4) is 0 Å². The van der Waals surface area contributed by atoms with E-state index in [2.05, 4.69) is 14.9 Å². The number of ether oxygens (including phenoxy) is 2. The van der Waals surface area contributed by atoms with Gasteiger partial charge >= 0.3 is 0 Å². The maximum atomic E-state index is 12.6. The molecular formula is C22H28N4O3. The normalized spacial score (nSPS) is 18.9. The lowest BCUT2D eigenvalue weighted by atomic mass is 10.1. The summed E-state index contributed by atoms with van der Waals surface area (Å²) in [5, 5.41) is 0. The van der Waals surface area contributed by atoms with Crippen molar-refractivity contribution in [2.24, 2.45) is 0 Å². The monoisotopic (exact) mass is 396 g/mol. The first-order valence-electron chi connectivity index (χ1n) is 10.4. The lowest BCUT2D eigenvalue weighted by Gasteiger charge is -2.19. The molecule has 7 nitrogen and oxygen atoms in total. The van der Waals surface area contributed by atoms with Crippen molar-refractivity contribution in [1.82, 2.24) is 14.9 Å². The van der Waals surface area contributed by atoms with E-state index in [-0.39, 0.29) is 12.0 Å². The molecule has 2 aromatic rings. The molecule has 4 rings (SSSR count). The van der Waals surface area contributed by atoms with Crippen LogP contribution in [0.4, 0.5) is 5.82 Å². The van der Waals surface area contributed by atoms with E-state index < -0.39 is 0 Å². The molecule has 1 aromatic heterocycles. The van der Waals surface area contributed by atoms with Crippen LogP contribution in [0.2, 0.25) is 0 Å². The summed E-state index contributed by atoms with van der Waals surface area (Å²) in [5.74, 6) is 2.53. The van der Waals surface area contributed by atoms with E-state index >= 15 is 0 Å². The van der Waals surface area contributed by atoms with Crippen LogP contribution in [0.15, 0.2) is 36.7 Å². The van der Waals surface area contributed by atoms with Crippen LogP contribution in [-0.2, 0) is 11.2 Å². The summed E-state index contributed by atoms with van der Waals surface area (Å²) < 4.78 is 11.2. The molecule has 0 N–H and O–H groups in total. The van der Waals surface area contributed by atoms with Gasteiger partial charge in [0.1, 0.15) is 24.0 Å². The molecule has 0 bridgehead atoms. The van der Waals surface area contributed by atoms with Crippen molar-refractivity contribution in [1.29, 1.82) is 0 Å². The first kappa shape index (κ1) is 19.5. The standard InChI is InChI=1S/C22H28N4O3/c1-28-18-7-4-17(5-8-18)6-9-22(27)26-13-10-19(15-26)29-21-14-20(23-16-24-21)25-11-2-3-12-25/h4-5,7-8,14,16,19H,2-3,6,9-13,15H2,1H3. The number of aromatic nitrogens is 2. The third kappa shape index (κ3) is 4.96. The molecule has 1 unspecified atom stereocenters. The predicted octanol–water partition coefficient (Wildman–Crippen LogP) is 2.70. The zero-order valence-electron chi connectivity index (χ0n) is 16.9. The molecule has 2 saturated heterocycles. The molecule has 0 spiro atoms. The van der Waals surface area contributed by atoms with Crippen molar-refractivity contribution in [3.63, 3.8) is 0 Å². The molecule has 154 valence electrons. The zero-order valence-corrected chi connectivity index (χ0v) is 16.9. The number of rotatable bonds is 7. The van der Waals surface area contributed by atoms with Gasteiger partial charge in [-0.25, -0.2) is 9.97 Å². The number of carbonyl (C=O) groups is 1. The minimum absolute atomic E-state index is 0.0127. The van der Waals surface area contributed by atoms with E-state index in [0.29, 0.717) is 18.8 Å². The highest BCUT2D eigenvalue weighted by molar-refractivity contribution is 5.76. The number of likely N-dealkylation sites (tertiary alicyclic amines) is 1. The Bertz CT molecular complexity index is 821. The summed E-state index contributed by atoms with van der Waals surface area (Å²) in [4.78, 5) is 25.4. The molecule has 0 saturated carbocycles. The molecule has 2 aliphatic rings. The van der Waals surface area contributed by atoms with Gasteiger partial charge in [-0.2, -0.15) is 0 Å². The largest absolute Gasteiger partial charge is 0.497 e. The Morgan fingerprint density at radius 2 is 1.93 bits per heavy atom. The average molecular weight is 396 g/mol. The molecule has 7 heteroatoms. The first-order valence-corrected chi connectivity index (χ1v) is 10.4. The van der Waals surface area contributed by atoms with Gasteiger partial charge in [0.25, 0.3) is 0 Å². The third-order valence-corrected chi connectivity index (χ3v) is 5.63. The lowest BCUT2D eigenvalue weighted by Crippen LogP contribution is -2.31. The van der Waals surface area contributed by atoms with Gasteiger partial charge in [0.05, 0.1) is 13.7 Å². The smallest absolute Gasteiger partial charge is 0.223 e. The van der Waals surface area contributed by atoms with E-state index in [1.807, 2.05) is 35.2 Å². The van der Waals surface area contributed by atoms with Gasteiger partial charge in [0.15, 0.2) is 0 Å². The summed E-state index contributed by atoms with van der Waals surface area (Å²) in [6.45, 7) is 3.42. The maximum absolute atomic E-state index is 12.6. The Morgan fingerprint density at radius 3 is 2.69 bits per heavy atom. The maximum Gasteiger partial charge on any atom is 0.223 e. The number of amides is 1. The van der Waals surface area contributed by atoms with E-state index in [9.17, 15) is 4.79 Å². The number of nitrogens with zero attached hydrogens (tertiary/aromatic N) is 4. The molecule has 3 heterocycles. The van der Waals surface area contributed by atoms with Crippen molar-refractivity contribution in [3.05, 3.63) is 42.2 Å². The summed E-state index contributed by atoms with van der Waals surface area (Å²) >= 11 is 0. The van der Waals surface area contributed by atoms with Crippen LogP contribution in [0.25, 0.3) is 0 Å². The molecule has 1 aromatic carbocycles. The Labute approximate surface area is 171 Å². The zero-order chi connectivity index (χ0) is 20.1. The summed E-state index contributed by atoms with van der Waals surface area (Å²) in [5.41, 5.74) is 1.14. The minimum atomic E-state index is -0.0127. The molecule has 1 atom stereocenters. The van der Waals surface area contributed by atoms with Gasteiger partial charge in [-0.05, 0) is 37.0 Å². The van der Waals surface area contributed by atoms with Crippen molar-refractivity contribution < 1.29 is 14.3 Å². The van der Waals surface area contributed by atoms with Gasteiger partial charge < -0.3 is 19.3 Å². The second kappa shape index (κ2) is 9.11. The fourth-order valence-electron chi connectivity index (χ4n) is 3.94. The van der Waals surface area contributed by atoms with Gasteiger partial charge in [-0.3, -0.25) is 4.79 Å². The fraction of sp³-hybridized carbons (Fsp3) is 0.500. The van der Waals surface area contributed by atoms with Crippen molar-refractivity contribution >= 4 is 11.7 Å². The molecule has 1 amide bonds. The summed E-state index contributed by atoms with van der Waals surface area (Å²) in [6, 6.07) is 9.79. The van der Waals surface area contributed by atoms with Crippen molar-refractivity contribution in [2.75, 3.05) is 38.2 Å². The molecule has 29 heavy (non-hydrogen) atoms. The van der Waals surface area contributed by atoms with E-state index in [1.54, 1.807) is 13.4 Å². The SMILES string of the molecule is COc1ccc(CCC(=O)N2CCC(Oc3cc(N4CCCC4)ncn3)C2)cc1. The molecule has 2 aliphatic heterocycles. The molecule has 0 aliphatic carbocycles. The van der Waals surface area contributed by atoms with Crippen LogP contribution in [0.5, 0.6) is 11.6 Å². The predicted molar refractivity (Wildman–Crippen MR) is 110 cm³/mol. The Morgan fingerprint density at radius 1 is 1.14 bits per heavy atom. The third-order valence-electron chi connectivity index (χ3n) is 5.63. The van der Waals surface area contributed by atoms with Crippen LogP contribution >= 0.6 is 0 Å². The van der Waals surface area contributed by atoms with Crippen molar-refractivity contribution in [2.45, 2.75) is 38.2 Å². The minimum Gasteiger partial charge on any atom is -0.497 e. The average Bonchev–Trinajstić information content (AvgIpc) is 3.45. The topological polar surface area (TPSA) is 67.8 Å². The van der Waals surface area contributed by atoms with Crippen LogP contribution < -0.4 is 14.4 Å². The Balaban J connectivity index is 1.26. The lowest BCUT2D eigenvalue weighted by molar-refractivity contribution is -0.130. The number of anilines is 1. The van der Waals surface area contributed by atoms with Gasteiger partial charge in [0.2, 0.25) is 11.8 Å². The number of methoxy groups -OCH3 is 1. The highest BCUT2D eigenvalue weighted by Crippen LogP contribution is 2.23. The van der Waals surface area contributed by atoms with Gasteiger partial charge in [-0.1, -0.05) is 12.1 Å². The van der Waals surface area contributed by atoms with Crippen LogP contribution in [-0.4, -0.2) is 60.2 Å². The Kier molecular flexibility index (Phi) is 6.12. The highest BCUT2D eigenvalue weighted by Gasteiger charge is 2.28. The Hall–Kier alpha value is -2.83. The first-order chi connectivity index (χ1) is 14.2. The number of aryl methyl sites for hydroxylation is 1. The summed E-state index contributed by atoms with van der Waals surface area (Å²) in [6.07, 6.45) is 6.03. The van der Waals surface area contributed by atoms with Crippen LogP contribution in [0.1, 0.15) is 31.2 Å². The number of hydrogen-bond acceptors (Lipinski definition) is 6. The molecule has 0 radical (unpaired) electrons. The van der Waals surface area contributed by atoms with E-state index in [0.717, 1.165) is 49.6 Å². The molecule has 2 fully saturated rings. The highest BCUT2D eigenvalue weighted by atomic mass is 16.5. The van der Waals surface area contributed by atoms with Crippen LogP contribution in [0, 0.1) is 0 Å². The number of carbonyl (C=O) groups excluding carboxylic acids is 1. The summed E-state index contributed by atoms with van der Waals surface area (Å²) in [7, 11) is 1.65.